The molecule has 0 radical (unpaired) electrons. The Balaban J connectivity index is 2.23. The molecule has 0 aromatic heterocycles. The molecule has 1 saturated carbocycles. The van der Waals surface area contributed by atoms with Crippen LogP contribution in [0.4, 0.5) is 0 Å². The lowest BCUT2D eigenvalue weighted by Crippen LogP contribution is -2.59. The number of rotatable bonds is 5. The predicted molar refractivity (Wildman–Crippen MR) is 74.7 cm³/mol. The standard InChI is InChI=1S/C15H23NO4/c1-10-12-6-5-7-13(12)15(10,9-16(18)19)8-14(3,4)20-11(2)17/h5,7,10,12-13H,6,8-9H2,1-4H3/t10?,12-,13-,15?/m1/s1. The first-order chi connectivity index (χ1) is 9.18. The van der Waals surface area contributed by atoms with Crippen LogP contribution in [0, 0.1) is 33.3 Å². The molecule has 2 aliphatic carbocycles. The van der Waals surface area contributed by atoms with E-state index < -0.39 is 5.60 Å². The van der Waals surface area contributed by atoms with Gasteiger partial charge in [-0.2, -0.15) is 0 Å². The predicted octanol–water partition coefficient (Wildman–Crippen LogP) is 2.82. The lowest BCUT2D eigenvalue weighted by Gasteiger charge is -2.57. The highest BCUT2D eigenvalue weighted by atomic mass is 16.6. The molecule has 1 fully saturated rings. The first-order valence-electron chi connectivity index (χ1n) is 7.16. The van der Waals surface area contributed by atoms with Crippen LogP contribution in [0.25, 0.3) is 0 Å². The molecule has 0 spiro atoms. The van der Waals surface area contributed by atoms with Crippen molar-refractivity contribution in [2.24, 2.45) is 23.2 Å². The third-order valence-corrected chi connectivity index (χ3v) is 5.02. The Kier molecular flexibility index (Phi) is 3.65. The molecule has 20 heavy (non-hydrogen) atoms. The quantitative estimate of drug-likeness (QED) is 0.336. The van der Waals surface area contributed by atoms with E-state index in [1.165, 1.54) is 6.92 Å². The Morgan fingerprint density at radius 2 is 2.20 bits per heavy atom. The molecule has 0 aliphatic heterocycles. The summed E-state index contributed by atoms with van der Waals surface area (Å²) in [5.74, 6) is 0.709. The maximum absolute atomic E-state index is 11.2. The summed E-state index contributed by atoms with van der Waals surface area (Å²) in [4.78, 5) is 22.1. The highest BCUT2D eigenvalue weighted by molar-refractivity contribution is 5.66. The minimum absolute atomic E-state index is 0.0512. The minimum atomic E-state index is -0.669. The van der Waals surface area contributed by atoms with Crippen LogP contribution in [-0.2, 0) is 9.53 Å². The highest BCUT2D eigenvalue weighted by Crippen LogP contribution is 2.63. The third kappa shape index (κ3) is 2.45. The number of nitrogens with zero attached hydrogens (tertiary/aromatic N) is 1. The van der Waals surface area contributed by atoms with Crippen LogP contribution in [0.1, 0.15) is 40.5 Å². The molecule has 0 aromatic rings. The van der Waals surface area contributed by atoms with Gasteiger partial charge in [0, 0.05) is 17.3 Å². The van der Waals surface area contributed by atoms with E-state index >= 15 is 0 Å². The third-order valence-electron chi connectivity index (χ3n) is 5.02. The van der Waals surface area contributed by atoms with Gasteiger partial charge in [0.15, 0.2) is 0 Å². The normalized spacial score (nSPS) is 35.3. The van der Waals surface area contributed by atoms with Crippen molar-refractivity contribution in [3.63, 3.8) is 0 Å². The SMILES string of the molecule is CC(=O)OC(C)(C)CC1(C[N+](=O)[O-])C(C)[C@H]2CC=C[C@H]21. The smallest absolute Gasteiger partial charge is 0.303 e. The monoisotopic (exact) mass is 281 g/mol. The molecule has 0 bridgehead atoms. The van der Waals surface area contributed by atoms with Crippen LogP contribution in [0.3, 0.4) is 0 Å². The van der Waals surface area contributed by atoms with Crippen molar-refractivity contribution in [2.75, 3.05) is 6.54 Å². The zero-order valence-corrected chi connectivity index (χ0v) is 12.6. The summed E-state index contributed by atoms with van der Waals surface area (Å²) in [5.41, 5.74) is -1.06. The number of ether oxygens (including phenoxy) is 1. The molecular weight excluding hydrogens is 258 g/mol. The molecule has 4 atom stereocenters. The van der Waals surface area contributed by atoms with Crippen molar-refractivity contribution >= 4 is 5.97 Å². The van der Waals surface area contributed by atoms with Crippen molar-refractivity contribution in [2.45, 2.75) is 46.1 Å². The molecule has 2 aliphatic rings. The number of hydrogen-bond donors (Lipinski definition) is 0. The van der Waals surface area contributed by atoms with Crippen molar-refractivity contribution in [1.82, 2.24) is 0 Å². The van der Waals surface area contributed by atoms with Crippen LogP contribution in [0.5, 0.6) is 0 Å². The summed E-state index contributed by atoms with van der Waals surface area (Å²) in [6.45, 7) is 7.11. The Morgan fingerprint density at radius 3 is 2.75 bits per heavy atom. The average Bonchev–Trinajstić information content (AvgIpc) is 2.70. The Hall–Kier alpha value is -1.39. The van der Waals surface area contributed by atoms with Crippen LogP contribution in [0.2, 0.25) is 0 Å². The summed E-state index contributed by atoms with van der Waals surface area (Å²) >= 11 is 0. The molecule has 112 valence electrons. The van der Waals surface area contributed by atoms with E-state index in [0.29, 0.717) is 12.3 Å². The number of esters is 1. The first-order valence-corrected chi connectivity index (χ1v) is 7.16. The summed E-state index contributed by atoms with van der Waals surface area (Å²) in [5, 5.41) is 11.1. The zero-order valence-electron chi connectivity index (χ0n) is 12.6. The number of allylic oxidation sites excluding steroid dienone is 2. The highest BCUT2D eigenvalue weighted by Gasteiger charge is 2.63. The van der Waals surface area contributed by atoms with Crippen molar-refractivity contribution in [3.8, 4) is 0 Å². The molecule has 2 rings (SSSR count). The number of fused-ring (bicyclic) bond motifs is 1. The van der Waals surface area contributed by atoms with Gasteiger partial charge in [-0.3, -0.25) is 14.9 Å². The Bertz CT molecular complexity index is 457. The summed E-state index contributed by atoms with van der Waals surface area (Å²) in [6, 6.07) is 0. The van der Waals surface area contributed by atoms with E-state index in [9.17, 15) is 14.9 Å². The van der Waals surface area contributed by atoms with Crippen LogP contribution < -0.4 is 0 Å². The van der Waals surface area contributed by atoms with Crippen molar-refractivity contribution in [1.29, 1.82) is 0 Å². The van der Waals surface area contributed by atoms with Crippen molar-refractivity contribution in [3.05, 3.63) is 22.3 Å². The van der Waals surface area contributed by atoms with E-state index in [2.05, 4.69) is 19.1 Å². The second kappa shape index (κ2) is 4.86. The van der Waals surface area contributed by atoms with Crippen molar-refractivity contribution < 1.29 is 14.5 Å². The fourth-order valence-corrected chi connectivity index (χ4v) is 4.46. The van der Waals surface area contributed by atoms with Gasteiger partial charge in [0.1, 0.15) is 5.60 Å². The van der Waals surface area contributed by atoms with E-state index in [-0.39, 0.29) is 34.7 Å². The van der Waals surface area contributed by atoms with Gasteiger partial charge in [0.05, 0.1) is 0 Å². The minimum Gasteiger partial charge on any atom is -0.460 e. The molecule has 2 unspecified atom stereocenters. The molecule has 0 N–H and O–H groups in total. The van der Waals surface area contributed by atoms with Gasteiger partial charge in [0.2, 0.25) is 6.54 Å². The van der Waals surface area contributed by atoms with E-state index in [0.717, 1.165) is 6.42 Å². The summed E-state index contributed by atoms with van der Waals surface area (Å²) < 4.78 is 5.36. The molecule has 5 nitrogen and oxygen atoms in total. The lowest BCUT2D eigenvalue weighted by atomic mass is 9.46. The Labute approximate surface area is 119 Å². The van der Waals surface area contributed by atoms with Gasteiger partial charge in [-0.1, -0.05) is 19.1 Å². The second-order valence-electron chi connectivity index (χ2n) is 6.90. The molecule has 0 aromatic carbocycles. The molecule has 0 heterocycles. The van der Waals surface area contributed by atoms with Gasteiger partial charge in [0.25, 0.3) is 0 Å². The maximum atomic E-state index is 11.2. The van der Waals surface area contributed by atoms with Gasteiger partial charge in [-0.05, 0) is 44.4 Å². The Morgan fingerprint density at radius 1 is 1.55 bits per heavy atom. The average molecular weight is 281 g/mol. The number of carbonyl (C=O) groups is 1. The molecular formula is C15H23NO4. The van der Waals surface area contributed by atoms with Crippen LogP contribution in [0.15, 0.2) is 12.2 Å². The van der Waals surface area contributed by atoms with Crippen LogP contribution in [-0.4, -0.2) is 23.0 Å². The first kappa shape index (κ1) is 15.0. The topological polar surface area (TPSA) is 69.4 Å². The number of carbonyl (C=O) groups excluding carboxylic acids is 1. The number of nitro groups is 1. The molecule has 0 amide bonds. The summed E-state index contributed by atoms with van der Waals surface area (Å²) in [7, 11) is 0. The van der Waals surface area contributed by atoms with Gasteiger partial charge in [-0.15, -0.1) is 0 Å². The zero-order chi connectivity index (χ0) is 15.1. The van der Waals surface area contributed by atoms with Gasteiger partial charge < -0.3 is 4.74 Å². The van der Waals surface area contributed by atoms with Gasteiger partial charge in [-0.25, -0.2) is 0 Å². The molecule has 5 heteroatoms. The lowest BCUT2D eigenvalue weighted by molar-refractivity contribution is -0.512. The fraction of sp³-hybridized carbons (Fsp3) is 0.800. The van der Waals surface area contributed by atoms with E-state index in [4.69, 9.17) is 4.74 Å². The summed E-state index contributed by atoms with van der Waals surface area (Å²) in [6.07, 6.45) is 5.80. The number of hydrogen-bond acceptors (Lipinski definition) is 4. The second-order valence-corrected chi connectivity index (χ2v) is 6.90. The van der Waals surface area contributed by atoms with E-state index in [1.54, 1.807) is 0 Å². The largest absolute Gasteiger partial charge is 0.460 e. The fourth-order valence-electron chi connectivity index (χ4n) is 4.46. The van der Waals surface area contributed by atoms with Crippen LogP contribution >= 0.6 is 0 Å². The maximum Gasteiger partial charge on any atom is 0.303 e. The molecule has 0 saturated heterocycles. The van der Waals surface area contributed by atoms with E-state index in [1.807, 2.05) is 13.8 Å². The van der Waals surface area contributed by atoms with Gasteiger partial charge >= 0.3 is 5.97 Å².